The predicted octanol–water partition coefficient (Wildman–Crippen LogP) is 5.25. The van der Waals surface area contributed by atoms with E-state index in [-0.39, 0.29) is 11.7 Å². The SMILES string of the molecule is O=C(O)C1CCC(CNc2nc(-c3ccccc3)cc(-c3cccc(F)c3)n2)CC1. The summed E-state index contributed by atoms with van der Waals surface area (Å²) in [4.78, 5) is 20.4. The average molecular weight is 405 g/mol. The van der Waals surface area contributed by atoms with Crippen LogP contribution in [-0.4, -0.2) is 27.6 Å². The summed E-state index contributed by atoms with van der Waals surface area (Å²) >= 11 is 0. The molecule has 2 aromatic carbocycles. The van der Waals surface area contributed by atoms with Crippen LogP contribution >= 0.6 is 0 Å². The number of rotatable bonds is 6. The summed E-state index contributed by atoms with van der Waals surface area (Å²) in [6, 6.07) is 18.1. The zero-order valence-electron chi connectivity index (χ0n) is 16.6. The normalized spacial score (nSPS) is 18.7. The van der Waals surface area contributed by atoms with Crippen LogP contribution in [0, 0.1) is 17.7 Å². The van der Waals surface area contributed by atoms with Crippen LogP contribution in [0.1, 0.15) is 25.7 Å². The fourth-order valence-electron chi connectivity index (χ4n) is 3.93. The van der Waals surface area contributed by atoms with E-state index in [4.69, 9.17) is 5.11 Å². The maximum atomic E-state index is 13.8. The Bertz CT molecular complexity index is 1020. The molecule has 0 radical (unpaired) electrons. The van der Waals surface area contributed by atoms with Crippen molar-refractivity contribution in [1.29, 1.82) is 0 Å². The number of hydrogen-bond acceptors (Lipinski definition) is 4. The van der Waals surface area contributed by atoms with E-state index >= 15 is 0 Å². The van der Waals surface area contributed by atoms with Crippen molar-refractivity contribution in [1.82, 2.24) is 9.97 Å². The van der Waals surface area contributed by atoms with Crippen LogP contribution in [0.4, 0.5) is 10.3 Å². The van der Waals surface area contributed by atoms with E-state index < -0.39 is 5.97 Å². The van der Waals surface area contributed by atoms with Gasteiger partial charge < -0.3 is 10.4 Å². The predicted molar refractivity (Wildman–Crippen MR) is 114 cm³/mol. The molecule has 4 rings (SSSR count). The third-order valence-corrected chi connectivity index (χ3v) is 5.66. The Kier molecular flexibility index (Phi) is 6.02. The van der Waals surface area contributed by atoms with E-state index in [2.05, 4.69) is 15.3 Å². The molecule has 1 aromatic heterocycles. The Morgan fingerprint density at radius 1 is 0.933 bits per heavy atom. The number of aromatic nitrogens is 2. The minimum absolute atomic E-state index is 0.224. The van der Waals surface area contributed by atoms with Gasteiger partial charge in [-0.15, -0.1) is 0 Å². The van der Waals surface area contributed by atoms with Gasteiger partial charge in [-0.2, -0.15) is 0 Å². The number of carbonyl (C=O) groups is 1. The van der Waals surface area contributed by atoms with Gasteiger partial charge in [0.15, 0.2) is 0 Å². The first-order valence-corrected chi connectivity index (χ1v) is 10.3. The van der Waals surface area contributed by atoms with Crippen molar-refractivity contribution in [2.24, 2.45) is 11.8 Å². The van der Waals surface area contributed by atoms with Gasteiger partial charge in [-0.05, 0) is 49.8 Å². The summed E-state index contributed by atoms with van der Waals surface area (Å²) in [5.41, 5.74) is 3.07. The van der Waals surface area contributed by atoms with Crippen molar-refractivity contribution in [2.75, 3.05) is 11.9 Å². The van der Waals surface area contributed by atoms with Gasteiger partial charge in [0.05, 0.1) is 17.3 Å². The van der Waals surface area contributed by atoms with Crippen molar-refractivity contribution >= 4 is 11.9 Å². The Hall–Kier alpha value is -3.28. The molecular weight excluding hydrogens is 381 g/mol. The van der Waals surface area contributed by atoms with E-state index in [1.54, 1.807) is 6.07 Å². The second kappa shape index (κ2) is 9.03. The average Bonchev–Trinajstić information content (AvgIpc) is 2.78. The van der Waals surface area contributed by atoms with Gasteiger partial charge in [-0.3, -0.25) is 4.79 Å². The number of nitrogens with zero attached hydrogens (tertiary/aromatic N) is 2. The molecule has 6 heteroatoms. The zero-order chi connectivity index (χ0) is 20.9. The highest BCUT2D eigenvalue weighted by atomic mass is 19.1. The van der Waals surface area contributed by atoms with Gasteiger partial charge in [-0.25, -0.2) is 14.4 Å². The van der Waals surface area contributed by atoms with Crippen molar-refractivity contribution in [3.05, 3.63) is 66.5 Å². The molecule has 1 aliphatic rings. The summed E-state index contributed by atoms with van der Waals surface area (Å²) in [5, 5.41) is 12.5. The number of aliphatic carboxylic acids is 1. The minimum Gasteiger partial charge on any atom is -0.481 e. The van der Waals surface area contributed by atoms with Crippen LogP contribution < -0.4 is 5.32 Å². The largest absolute Gasteiger partial charge is 0.481 e. The fraction of sp³-hybridized carbons (Fsp3) is 0.292. The van der Waals surface area contributed by atoms with Gasteiger partial charge >= 0.3 is 5.97 Å². The molecule has 0 spiro atoms. The van der Waals surface area contributed by atoms with Crippen LogP contribution in [0.15, 0.2) is 60.7 Å². The molecule has 30 heavy (non-hydrogen) atoms. The first kappa shape index (κ1) is 20.0. The lowest BCUT2D eigenvalue weighted by atomic mass is 9.82. The number of nitrogens with one attached hydrogen (secondary N) is 1. The molecule has 2 N–H and O–H groups in total. The highest BCUT2D eigenvalue weighted by Crippen LogP contribution is 2.30. The molecule has 0 bridgehead atoms. The highest BCUT2D eigenvalue weighted by Gasteiger charge is 2.25. The molecule has 1 heterocycles. The fourth-order valence-corrected chi connectivity index (χ4v) is 3.93. The number of hydrogen-bond donors (Lipinski definition) is 2. The van der Waals surface area contributed by atoms with E-state index in [1.807, 2.05) is 42.5 Å². The number of carboxylic acid groups (broad SMARTS) is 1. The first-order valence-electron chi connectivity index (χ1n) is 10.3. The maximum absolute atomic E-state index is 13.8. The van der Waals surface area contributed by atoms with E-state index in [0.717, 1.165) is 24.1 Å². The second-order valence-corrected chi connectivity index (χ2v) is 7.78. The van der Waals surface area contributed by atoms with Crippen molar-refractivity contribution in [3.63, 3.8) is 0 Å². The minimum atomic E-state index is -0.694. The molecule has 1 fully saturated rings. The Labute approximate surface area is 175 Å². The van der Waals surface area contributed by atoms with Crippen LogP contribution in [0.25, 0.3) is 22.5 Å². The Morgan fingerprint density at radius 2 is 1.60 bits per heavy atom. The van der Waals surface area contributed by atoms with Crippen LogP contribution in [0.3, 0.4) is 0 Å². The maximum Gasteiger partial charge on any atom is 0.306 e. The summed E-state index contributed by atoms with van der Waals surface area (Å²) in [7, 11) is 0. The molecule has 0 atom stereocenters. The molecule has 0 amide bonds. The highest BCUT2D eigenvalue weighted by molar-refractivity contribution is 5.70. The van der Waals surface area contributed by atoms with Crippen LogP contribution in [0.2, 0.25) is 0 Å². The zero-order valence-corrected chi connectivity index (χ0v) is 16.6. The van der Waals surface area contributed by atoms with E-state index in [9.17, 15) is 9.18 Å². The monoisotopic (exact) mass is 405 g/mol. The van der Waals surface area contributed by atoms with Gasteiger partial charge in [0.2, 0.25) is 5.95 Å². The summed E-state index contributed by atoms with van der Waals surface area (Å²) in [5.74, 6) is -0.339. The van der Waals surface area contributed by atoms with Gasteiger partial charge in [0.25, 0.3) is 0 Å². The molecular formula is C24H24FN3O2. The first-order chi connectivity index (χ1) is 14.6. The number of carboxylic acids is 1. The van der Waals surface area contributed by atoms with Crippen molar-refractivity contribution < 1.29 is 14.3 Å². The lowest BCUT2D eigenvalue weighted by Gasteiger charge is -2.26. The molecule has 5 nitrogen and oxygen atoms in total. The van der Waals surface area contributed by atoms with Crippen molar-refractivity contribution in [3.8, 4) is 22.5 Å². The Balaban J connectivity index is 1.56. The molecule has 0 saturated heterocycles. The van der Waals surface area contributed by atoms with Gasteiger partial charge in [-0.1, -0.05) is 42.5 Å². The lowest BCUT2D eigenvalue weighted by Crippen LogP contribution is -2.25. The molecule has 1 aliphatic carbocycles. The number of benzene rings is 2. The lowest BCUT2D eigenvalue weighted by molar-refractivity contribution is -0.143. The molecule has 154 valence electrons. The third-order valence-electron chi connectivity index (χ3n) is 5.66. The smallest absolute Gasteiger partial charge is 0.306 e. The summed E-state index contributed by atoms with van der Waals surface area (Å²) in [6.07, 6.45) is 3.17. The van der Waals surface area contributed by atoms with Crippen LogP contribution in [0.5, 0.6) is 0 Å². The molecule has 0 aliphatic heterocycles. The summed E-state index contributed by atoms with van der Waals surface area (Å²) < 4.78 is 13.8. The number of halogens is 1. The quantitative estimate of drug-likeness (QED) is 0.586. The molecule has 1 saturated carbocycles. The topological polar surface area (TPSA) is 75.1 Å². The van der Waals surface area contributed by atoms with Crippen molar-refractivity contribution in [2.45, 2.75) is 25.7 Å². The van der Waals surface area contributed by atoms with Gasteiger partial charge in [0, 0.05) is 17.7 Å². The Morgan fingerprint density at radius 3 is 2.27 bits per heavy atom. The number of anilines is 1. The standard InChI is InChI=1S/C24H24FN3O2/c25-20-8-4-7-19(13-20)22-14-21(17-5-2-1-3-6-17)27-24(28-22)26-15-16-9-11-18(12-10-16)23(29)30/h1-8,13-14,16,18H,9-12,15H2,(H,29,30)(H,26,27,28). The van der Waals surface area contributed by atoms with Gasteiger partial charge in [0.1, 0.15) is 5.82 Å². The molecule has 3 aromatic rings. The van der Waals surface area contributed by atoms with E-state index in [0.29, 0.717) is 42.5 Å². The second-order valence-electron chi connectivity index (χ2n) is 7.78. The third kappa shape index (κ3) is 4.82. The molecule has 0 unspecified atom stereocenters. The van der Waals surface area contributed by atoms with Crippen LogP contribution in [-0.2, 0) is 4.79 Å². The summed E-state index contributed by atoms with van der Waals surface area (Å²) in [6.45, 7) is 0.688. The van der Waals surface area contributed by atoms with E-state index in [1.165, 1.54) is 12.1 Å².